The second kappa shape index (κ2) is 4.18. The molecule has 5 nitrogen and oxygen atoms in total. The lowest BCUT2D eigenvalue weighted by Gasteiger charge is -2.04. The van der Waals surface area contributed by atoms with Crippen LogP contribution in [0.15, 0.2) is 24.3 Å². The topological polar surface area (TPSA) is 79.8 Å². The van der Waals surface area contributed by atoms with E-state index in [1.807, 2.05) is 6.92 Å². The SMILES string of the molecule is Cc1cc(CC#N)c2cc([N+](=O)[O-])ccc2n1. The Balaban J connectivity index is 2.74. The van der Waals surface area contributed by atoms with Crippen molar-refractivity contribution in [2.45, 2.75) is 13.3 Å². The summed E-state index contributed by atoms with van der Waals surface area (Å²) in [5.74, 6) is 0. The van der Waals surface area contributed by atoms with Crippen LogP contribution in [-0.2, 0) is 6.42 Å². The van der Waals surface area contributed by atoms with Gasteiger partial charge in [0.2, 0.25) is 0 Å². The van der Waals surface area contributed by atoms with Crippen LogP contribution in [0.25, 0.3) is 10.9 Å². The smallest absolute Gasteiger partial charge is 0.258 e. The number of aryl methyl sites for hydroxylation is 1. The third-order valence-electron chi connectivity index (χ3n) is 2.49. The van der Waals surface area contributed by atoms with Crippen LogP contribution in [0.3, 0.4) is 0 Å². The fourth-order valence-electron chi connectivity index (χ4n) is 1.78. The Morgan fingerprint density at radius 1 is 1.47 bits per heavy atom. The van der Waals surface area contributed by atoms with Gasteiger partial charge in [-0.05, 0) is 24.6 Å². The minimum absolute atomic E-state index is 0.0161. The monoisotopic (exact) mass is 227 g/mol. The van der Waals surface area contributed by atoms with Gasteiger partial charge in [-0.3, -0.25) is 15.1 Å². The van der Waals surface area contributed by atoms with Gasteiger partial charge in [-0.15, -0.1) is 0 Å². The lowest BCUT2D eigenvalue weighted by Crippen LogP contribution is -1.93. The Labute approximate surface area is 97.5 Å². The molecule has 0 aliphatic rings. The van der Waals surface area contributed by atoms with Crippen molar-refractivity contribution in [1.29, 1.82) is 5.26 Å². The third-order valence-corrected chi connectivity index (χ3v) is 2.49. The summed E-state index contributed by atoms with van der Waals surface area (Å²) in [6.07, 6.45) is 0.223. The van der Waals surface area contributed by atoms with E-state index in [2.05, 4.69) is 11.1 Å². The Morgan fingerprint density at radius 3 is 2.88 bits per heavy atom. The van der Waals surface area contributed by atoms with Crippen LogP contribution in [0, 0.1) is 28.4 Å². The Bertz CT molecular complexity index is 644. The van der Waals surface area contributed by atoms with Crippen molar-refractivity contribution in [3.05, 3.63) is 45.6 Å². The summed E-state index contributed by atoms with van der Waals surface area (Å²) in [6, 6.07) is 8.34. The minimum Gasteiger partial charge on any atom is -0.258 e. The van der Waals surface area contributed by atoms with Crippen LogP contribution < -0.4 is 0 Å². The molecule has 0 amide bonds. The van der Waals surface area contributed by atoms with Gasteiger partial charge in [0.05, 0.1) is 22.9 Å². The number of pyridine rings is 1. The van der Waals surface area contributed by atoms with E-state index in [0.717, 1.165) is 11.3 Å². The van der Waals surface area contributed by atoms with Gasteiger partial charge in [-0.25, -0.2) is 0 Å². The molecule has 1 aromatic carbocycles. The fraction of sp³-hybridized carbons (Fsp3) is 0.167. The van der Waals surface area contributed by atoms with E-state index in [0.29, 0.717) is 10.9 Å². The first kappa shape index (κ1) is 11.0. The molecule has 5 heteroatoms. The van der Waals surface area contributed by atoms with Crippen LogP contribution >= 0.6 is 0 Å². The molecule has 0 N–H and O–H groups in total. The normalized spacial score (nSPS) is 10.1. The first-order chi connectivity index (χ1) is 8.11. The molecule has 0 radical (unpaired) electrons. The van der Waals surface area contributed by atoms with Crippen molar-refractivity contribution in [3.8, 4) is 6.07 Å². The second-order valence-electron chi connectivity index (χ2n) is 3.72. The number of rotatable bonds is 2. The number of nitrogens with zero attached hydrogens (tertiary/aromatic N) is 3. The van der Waals surface area contributed by atoms with Gasteiger partial charge in [0.25, 0.3) is 5.69 Å². The maximum atomic E-state index is 10.7. The van der Waals surface area contributed by atoms with Crippen LogP contribution in [0.1, 0.15) is 11.3 Å². The molecule has 1 heterocycles. The quantitative estimate of drug-likeness (QED) is 0.583. The minimum atomic E-state index is -0.449. The first-order valence-electron chi connectivity index (χ1n) is 5.03. The molecule has 84 valence electrons. The van der Waals surface area contributed by atoms with E-state index in [1.165, 1.54) is 12.1 Å². The molecule has 17 heavy (non-hydrogen) atoms. The van der Waals surface area contributed by atoms with Gasteiger partial charge in [0.1, 0.15) is 0 Å². The number of hydrogen-bond donors (Lipinski definition) is 0. The van der Waals surface area contributed by atoms with Gasteiger partial charge >= 0.3 is 0 Å². The predicted molar refractivity (Wildman–Crippen MR) is 62.5 cm³/mol. The number of fused-ring (bicyclic) bond motifs is 1. The molecule has 0 atom stereocenters. The van der Waals surface area contributed by atoms with E-state index in [4.69, 9.17) is 5.26 Å². The van der Waals surface area contributed by atoms with Gasteiger partial charge < -0.3 is 0 Å². The lowest BCUT2D eigenvalue weighted by atomic mass is 10.0. The maximum Gasteiger partial charge on any atom is 0.270 e. The largest absolute Gasteiger partial charge is 0.270 e. The standard InChI is InChI=1S/C12H9N3O2/c1-8-6-9(4-5-13)11-7-10(15(16)17)2-3-12(11)14-8/h2-3,6-7H,4H2,1H3. The van der Waals surface area contributed by atoms with E-state index < -0.39 is 4.92 Å². The first-order valence-corrected chi connectivity index (χ1v) is 5.03. The molecule has 1 aromatic heterocycles. The molecule has 0 bridgehead atoms. The average molecular weight is 227 g/mol. The van der Waals surface area contributed by atoms with Gasteiger partial charge in [0.15, 0.2) is 0 Å². The van der Waals surface area contributed by atoms with E-state index in [-0.39, 0.29) is 12.1 Å². The highest BCUT2D eigenvalue weighted by Crippen LogP contribution is 2.23. The zero-order chi connectivity index (χ0) is 12.4. The van der Waals surface area contributed by atoms with Crippen LogP contribution in [0.5, 0.6) is 0 Å². The van der Waals surface area contributed by atoms with Crippen molar-refractivity contribution >= 4 is 16.6 Å². The summed E-state index contributed by atoms with van der Waals surface area (Å²) in [7, 11) is 0. The molecule has 0 spiro atoms. The number of nitro benzene ring substituents is 1. The maximum absolute atomic E-state index is 10.7. The number of nitro groups is 1. The van der Waals surface area contributed by atoms with Gasteiger partial charge in [-0.1, -0.05) is 0 Å². The Morgan fingerprint density at radius 2 is 2.24 bits per heavy atom. The summed E-state index contributed by atoms with van der Waals surface area (Å²) in [5, 5.41) is 20.1. The van der Waals surface area contributed by atoms with Crippen molar-refractivity contribution in [3.63, 3.8) is 0 Å². The van der Waals surface area contributed by atoms with Crippen molar-refractivity contribution < 1.29 is 4.92 Å². The summed E-state index contributed by atoms with van der Waals surface area (Å²) >= 11 is 0. The molecule has 0 saturated heterocycles. The third kappa shape index (κ3) is 2.06. The van der Waals surface area contributed by atoms with Gasteiger partial charge in [0, 0.05) is 23.2 Å². The Hall–Kier alpha value is -2.48. The van der Waals surface area contributed by atoms with E-state index >= 15 is 0 Å². The average Bonchev–Trinajstić information content (AvgIpc) is 2.28. The zero-order valence-electron chi connectivity index (χ0n) is 9.17. The summed E-state index contributed by atoms with van der Waals surface area (Å²) < 4.78 is 0. The van der Waals surface area contributed by atoms with Crippen molar-refractivity contribution in [2.75, 3.05) is 0 Å². The highest BCUT2D eigenvalue weighted by atomic mass is 16.6. The molecule has 0 aliphatic carbocycles. The fourth-order valence-corrected chi connectivity index (χ4v) is 1.78. The van der Waals surface area contributed by atoms with Crippen LogP contribution in [0.2, 0.25) is 0 Å². The van der Waals surface area contributed by atoms with E-state index in [9.17, 15) is 10.1 Å². The lowest BCUT2D eigenvalue weighted by molar-refractivity contribution is -0.384. The molecule has 0 unspecified atom stereocenters. The second-order valence-corrected chi connectivity index (χ2v) is 3.72. The van der Waals surface area contributed by atoms with Crippen LogP contribution in [-0.4, -0.2) is 9.91 Å². The highest BCUT2D eigenvalue weighted by Gasteiger charge is 2.10. The Kier molecular flexibility index (Phi) is 2.71. The number of hydrogen-bond acceptors (Lipinski definition) is 4. The molecule has 2 aromatic rings. The molecule has 2 rings (SSSR count). The summed E-state index contributed by atoms with van der Waals surface area (Å²) in [4.78, 5) is 14.5. The summed E-state index contributed by atoms with van der Waals surface area (Å²) in [6.45, 7) is 1.84. The number of nitriles is 1. The van der Waals surface area contributed by atoms with Gasteiger partial charge in [-0.2, -0.15) is 5.26 Å². The number of non-ortho nitro benzene ring substituents is 1. The van der Waals surface area contributed by atoms with Crippen molar-refractivity contribution in [1.82, 2.24) is 4.98 Å². The highest BCUT2D eigenvalue weighted by molar-refractivity contribution is 5.84. The van der Waals surface area contributed by atoms with Crippen molar-refractivity contribution in [2.24, 2.45) is 0 Å². The molecule has 0 fully saturated rings. The number of aromatic nitrogens is 1. The van der Waals surface area contributed by atoms with Crippen LogP contribution in [0.4, 0.5) is 5.69 Å². The molecule has 0 saturated carbocycles. The van der Waals surface area contributed by atoms with E-state index in [1.54, 1.807) is 12.1 Å². The molecule has 0 aliphatic heterocycles. The molecular weight excluding hydrogens is 218 g/mol. The molecular formula is C12H9N3O2. The summed E-state index contributed by atoms with van der Waals surface area (Å²) in [5.41, 5.74) is 2.28. The predicted octanol–water partition coefficient (Wildman–Crippen LogP) is 2.52. The number of benzene rings is 1. The zero-order valence-corrected chi connectivity index (χ0v) is 9.17.